The van der Waals surface area contributed by atoms with Crippen LogP contribution in [0, 0.1) is 5.92 Å². The molecule has 23 heavy (non-hydrogen) atoms. The van der Waals surface area contributed by atoms with Gasteiger partial charge in [0.25, 0.3) is 0 Å². The lowest BCUT2D eigenvalue weighted by atomic mass is 9.92. The van der Waals surface area contributed by atoms with Gasteiger partial charge in [0.2, 0.25) is 5.91 Å². The fraction of sp³-hybridized carbons (Fsp3) is 0.875. The largest absolute Gasteiger partial charge is 0.467 e. The van der Waals surface area contributed by atoms with Gasteiger partial charge in [-0.15, -0.1) is 11.8 Å². The number of nitrogens with zero attached hydrogens (tertiary/aromatic N) is 1. The Bertz CT molecular complexity index is 515. The van der Waals surface area contributed by atoms with Crippen molar-refractivity contribution in [3.8, 4) is 0 Å². The van der Waals surface area contributed by atoms with Gasteiger partial charge >= 0.3 is 5.97 Å². The van der Waals surface area contributed by atoms with Gasteiger partial charge in [0.05, 0.1) is 18.4 Å². The predicted octanol–water partition coefficient (Wildman–Crippen LogP) is 2.86. The summed E-state index contributed by atoms with van der Waals surface area (Å²) in [5.74, 6) is -0.465. The Morgan fingerprint density at radius 1 is 1.35 bits per heavy atom. The molecule has 0 aliphatic carbocycles. The van der Waals surface area contributed by atoms with Crippen molar-refractivity contribution in [2.75, 3.05) is 13.7 Å². The standard InChI is InChI=1S/C16H29NO4SSi/c1-15(2,3)23(7,8)21-9-10-12(18)17-11(14(19)20-6)16(4,5)22-13(10)17/h10-11,13H,9H2,1-8H3/t10-,11+,13-/m1/s1. The van der Waals surface area contributed by atoms with Gasteiger partial charge in [-0.25, -0.2) is 4.79 Å². The van der Waals surface area contributed by atoms with Crippen LogP contribution in [0.25, 0.3) is 0 Å². The molecule has 3 atom stereocenters. The average molecular weight is 360 g/mol. The van der Waals surface area contributed by atoms with E-state index in [4.69, 9.17) is 9.16 Å². The highest BCUT2D eigenvalue weighted by Gasteiger charge is 2.64. The Labute approximate surface area is 144 Å². The van der Waals surface area contributed by atoms with Crippen LogP contribution in [0.15, 0.2) is 0 Å². The molecule has 0 saturated carbocycles. The lowest BCUT2D eigenvalue weighted by Gasteiger charge is -2.45. The molecule has 0 unspecified atom stereocenters. The molecule has 2 heterocycles. The molecule has 5 nitrogen and oxygen atoms in total. The maximum atomic E-state index is 12.6. The highest BCUT2D eigenvalue weighted by Crippen LogP contribution is 2.53. The van der Waals surface area contributed by atoms with Crippen LogP contribution >= 0.6 is 11.8 Å². The van der Waals surface area contributed by atoms with Crippen molar-refractivity contribution >= 4 is 32.0 Å². The summed E-state index contributed by atoms with van der Waals surface area (Å²) >= 11 is 1.68. The second-order valence-corrected chi connectivity index (χ2v) is 15.0. The van der Waals surface area contributed by atoms with Gasteiger partial charge in [0.1, 0.15) is 6.04 Å². The van der Waals surface area contributed by atoms with Gasteiger partial charge < -0.3 is 14.1 Å². The number of β-lactam (4-membered cyclic amide) rings is 1. The molecular weight excluding hydrogens is 330 g/mol. The Morgan fingerprint density at radius 3 is 2.39 bits per heavy atom. The van der Waals surface area contributed by atoms with E-state index in [-0.39, 0.29) is 33.0 Å². The number of ether oxygens (including phenoxy) is 1. The quantitative estimate of drug-likeness (QED) is 0.439. The second-order valence-electron chi connectivity index (χ2n) is 8.46. The van der Waals surface area contributed by atoms with E-state index in [0.29, 0.717) is 6.61 Å². The van der Waals surface area contributed by atoms with Gasteiger partial charge in [0, 0.05) is 11.4 Å². The van der Waals surface area contributed by atoms with Gasteiger partial charge in [0.15, 0.2) is 8.32 Å². The third-order valence-electron chi connectivity index (χ3n) is 5.41. The first-order chi connectivity index (χ1) is 10.3. The molecule has 2 aliphatic rings. The molecule has 0 bridgehead atoms. The van der Waals surface area contributed by atoms with Crippen LogP contribution in [0.5, 0.6) is 0 Å². The first kappa shape index (κ1) is 18.8. The zero-order valence-electron chi connectivity index (χ0n) is 15.4. The van der Waals surface area contributed by atoms with Crippen molar-refractivity contribution in [1.29, 1.82) is 0 Å². The normalized spacial score (nSPS) is 30.0. The van der Waals surface area contributed by atoms with Crippen LogP contribution in [-0.4, -0.2) is 55.0 Å². The van der Waals surface area contributed by atoms with E-state index >= 15 is 0 Å². The summed E-state index contributed by atoms with van der Waals surface area (Å²) in [5.41, 5.74) is 0. The van der Waals surface area contributed by atoms with Gasteiger partial charge in [-0.05, 0) is 32.0 Å². The van der Waals surface area contributed by atoms with Gasteiger partial charge in [-0.3, -0.25) is 4.79 Å². The molecule has 0 N–H and O–H groups in total. The summed E-state index contributed by atoms with van der Waals surface area (Å²) in [5, 5.41) is 0.141. The van der Waals surface area contributed by atoms with E-state index in [0.717, 1.165) is 0 Å². The molecule has 2 saturated heterocycles. The van der Waals surface area contributed by atoms with Crippen molar-refractivity contribution < 1.29 is 18.8 Å². The van der Waals surface area contributed by atoms with Crippen molar-refractivity contribution in [2.45, 2.75) is 68.9 Å². The lowest BCUT2D eigenvalue weighted by molar-refractivity contribution is -0.166. The van der Waals surface area contributed by atoms with Gasteiger partial charge in [-0.2, -0.15) is 0 Å². The van der Waals surface area contributed by atoms with Gasteiger partial charge in [-0.1, -0.05) is 20.8 Å². The number of carbonyl (C=O) groups is 2. The number of fused-ring (bicyclic) bond motifs is 1. The Morgan fingerprint density at radius 2 is 1.91 bits per heavy atom. The summed E-state index contributed by atoms with van der Waals surface area (Å²) in [7, 11) is -0.503. The number of methoxy groups -OCH3 is 1. The van der Waals surface area contributed by atoms with Crippen molar-refractivity contribution in [3.05, 3.63) is 0 Å². The minimum atomic E-state index is -1.88. The van der Waals surface area contributed by atoms with Crippen molar-refractivity contribution in [1.82, 2.24) is 4.90 Å². The first-order valence-electron chi connectivity index (χ1n) is 8.05. The van der Waals surface area contributed by atoms with Crippen LogP contribution in [0.1, 0.15) is 34.6 Å². The first-order valence-corrected chi connectivity index (χ1v) is 11.8. The van der Waals surface area contributed by atoms with E-state index in [1.807, 2.05) is 13.8 Å². The summed E-state index contributed by atoms with van der Waals surface area (Å²) in [6.45, 7) is 15.4. The number of amides is 1. The molecule has 2 aliphatic heterocycles. The zero-order chi connectivity index (χ0) is 17.8. The molecule has 7 heteroatoms. The molecule has 0 aromatic carbocycles. The van der Waals surface area contributed by atoms with E-state index in [2.05, 4.69) is 33.9 Å². The number of esters is 1. The minimum absolute atomic E-state index is 0.0159. The highest BCUT2D eigenvalue weighted by atomic mass is 32.2. The van der Waals surface area contributed by atoms with Crippen LogP contribution in [-0.2, 0) is 18.8 Å². The monoisotopic (exact) mass is 359 g/mol. The molecule has 2 fully saturated rings. The third-order valence-corrected chi connectivity index (χ3v) is 11.5. The fourth-order valence-electron chi connectivity index (χ4n) is 2.85. The van der Waals surface area contributed by atoms with Crippen LogP contribution in [0.3, 0.4) is 0 Å². The number of thioether (sulfide) groups is 1. The number of hydrogen-bond acceptors (Lipinski definition) is 5. The molecule has 1 amide bonds. The summed E-state index contributed by atoms with van der Waals surface area (Å²) in [6, 6.07) is -0.501. The summed E-state index contributed by atoms with van der Waals surface area (Å²) in [6.07, 6.45) is 0. The topological polar surface area (TPSA) is 55.8 Å². The summed E-state index contributed by atoms with van der Waals surface area (Å²) < 4.78 is 10.8. The maximum Gasteiger partial charge on any atom is 0.330 e. The summed E-state index contributed by atoms with van der Waals surface area (Å²) in [4.78, 5) is 26.3. The Kier molecular flexibility index (Phi) is 4.72. The fourth-order valence-corrected chi connectivity index (χ4v) is 5.54. The third kappa shape index (κ3) is 3.07. The maximum absolute atomic E-state index is 12.6. The average Bonchev–Trinajstić information content (AvgIpc) is 2.65. The Hall–Kier alpha value is -0.533. The van der Waals surface area contributed by atoms with E-state index < -0.39 is 14.4 Å². The second kappa shape index (κ2) is 5.77. The molecule has 0 radical (unpaired) electrons. The van der Waals surface area contributed by atoms with Crippen LogP contribution < -0.4 is 0 Å². The highest BCUT2D eigenvalue weighted by molar-refractivity contribution is 8.01. The molecular formula is C16H29NO4SSi. The van der Waals surface area contributed by atoms with Crippen molar-refractivity contribution in [3.63, 3.8) is 0 Å². The number of hydrogen-bond donors (Lipinski definition) is 0. The molecule has 0 spiro atoms. The minimum Gasteiger partial charge on any atom is -0.467 e. The molecule has 0 aromatic rings. The van der Waals surface area contributed by atoms with E-state index in [1.165, 1.54) is 7.11 Å². The smallest absolute Gasteiger partial charge is 0.330 e. The molecule has 132 valence electrons. The predicted molar refractivity (Wildman–Crippen MR) is 94.7 cm³/mol. The van der Waals surface area contributed by atoms with E-state index in [1.54, 1.807) is 16.7 Å². The molecule has 2 rings (SSSR count). The SMILES string of the molecule is COC(=O)[C@@H]1N2C(=O)[C@@H](CO[Si](C)(C)C(C)(C)C)[C@H]2SC1(C)C. The number of carbonyl (C=O) groups excluding carboxylic acids is 2. The molecule has 0 aromatic heterocycles. The van der Waals surface area contributed by atoms with E-state index in [9.17, 15) is 9.59 Å². The van der Waals surface area contributed by atoms with Crippen molar-refractivity contribution in [2.24, 2.45) is 5.92 Å². The Balaban J connectivity index is 2.08. The zero-order valence-corrected chi connectivity index (χ0v) is 17.2. The van der Waals surface area contributed by atoms with Crippen LogP contribution in [0.4, 0.5) is 0 Å². The number of rotatable bonds is 4. The lowest BCUT2D eigenvalue weighted by Crippen LogP contribution is -2.64. The van der Waals surface area contributed by atoms with Crippen LogP contribution in [0.2, 0.25) is 18.1 Å².